The van der Waals surface area contributed by atoms with Crippen molar-refractivity contribution in [1.82, 2.24) is 9.97 Å². The Kier molecular flexibility index (Phi) is 3.65. The highest BCUT2D eigenvalue weighted by atomic mass is 15.3. The van der Waals surface area contributed by atoms with E-state index in [4.69, 9.17) is 0 Å². The molecule has 1 aliphatic rings. The van der Waals surface area contributed by atoms with Crippen LogP contribution in [0.3, 0.4) is 0 Å². The van der Waals surface area contributed by atoms with Gasteiger partial charge in [-0.3, -0.25) is 0 Å². The number of rotatable bonds is 3. The van der Waals surface area contributed by atoms with Crippen molar-refractivity contribution in [1.29, 1.82) is 0 Å². The molecular formula is C20H20N4. The van der Waals surface area contributed by atoms with Gasteiger partial charge in [-0.05, 0) is 37.1 Å². The van der Waals surface area contributed by atoms with Crippen molar-refractivity contribution in [3.8, 4) is 0 Å². The molecule has 0 spiro atoms. The van der Waals surface area contributed by atoms with Crippen molar-refractivity contribution in [3.05, 3.63) is 72.6 Å². The lowest BCUT2D eigenvalue weighted by molar-refractivity contribution is 0.749. The molecule has 4 nitrogen and oxygen atoms in total. The van der Waals surface area contributed by atoms with Crippen molar-refractivity contribution >= 4 is 23.0 Å². The number of nitrogens with zero attached hydrogens (tertiary/aromatic N) is 4. The van der Waals surface area contributed by atoms with Crippen molar-refractivity contribution in [2.45, 2.75) is 19.4 Å². The van der Waals surface area contributed by atoms with E-state index in [1.54, 1.807) is 6.33 Å². The second kappa shape index (κ2) is 5.96. The van der Waals surface area contributed by atoms with Gasteiger partial charge in [-0.15, -0.1) is 0 Å². The molecule has 0 radical (unpaired) electrons. The first-order chi connectivity index (χ1) is 11.7. The number of hydrogen-bond donors (Lipinski definition) is 0. The van der Waals surface area contributed by atoms with Gasteiger partial charge in [0.1, 0.15) is 18.0 Å². The molecule has 1 unspecified atom stereocenters. The summed E-state index contributed by atoms with van der Waals surface area (Å²) in [6, 6.07) is 21.3. The number of para-hydroxylation sites is 2. The monoisotopic (exact) mass is 316 g/mol. The van der Waals surface area contributed by atoms with Gasteiger partial charge in [0, 0.05) is 30.5 Å². The van der Waals surface area contributed by atoms with Gasteiger partial charge in [0.15, 0.2) is 0 Å². The fourth-order valence-corrected chi connectivity index (χ4v) is 3.35. The Morgan fingerprint density at radius 1 is 1.00 bits per heavy atom. The Morgan fingerprint density at radius 2 is 1.75 bits per heavy atom. The minimum atomic E-state index is 0.396. The number of fused-ring (bicyclic) bond motifs is 1. The summed E-state index contributed by atoms with van der Waals surface area (Å²) in [6.45, 7) is 2.24. The first-order valence-electron chi connectivity index (χ1n) is 8.22. The molecule has 3 aromatic rings. The molecule has 24 heavy (non-hydrogen) atoms. The summed E-state index contributed by atoms with van der Waals surface area (Å²) in [4.78, 5) is 13.4. The van der Waals surface area contributed by atoms with Gasteiger partial charge in [0.2, 0.25) is 0 Å². The Balaban J connectivity index is 1.71. The summed E-state index contributed by atoms with van der Waals surface area (Å²) < 4.78 is 0. The van der Waals surface area contributed by atoms with E-state index in [0.717, 1.165) is 23.7 Å². The smallest absolute Gasteiger partial charge is 0.138 e. The molecule has 0 N–H and O–H groups in total. The standard InChI is InChI=1S/C20H20N4/c1-15-12-16-8-6-7-11-18(16)24(15)20-13-19(21-14-22-20)23(2)17-9-4-3-5-10-17/h3-11,13-15H,12H2,1-2H3. The van der Waals surface area contributed by atoms with Gasteiger partial charge in [0.05, 0.1) is 0 Å². The third kappa shape index (κ3) is 2.50. The van der Waals surface area contributed by atoms with Crippen molar-refractivity contribution in [2.24, 2.45) is 0 Å². The maximum Gasteiger partial charge on any atom is 0.138 e. The quantitative estimate of drug-likeness (QED) is 0.720. The molecule has 1 aromatic heterocycles. The molecule has 0 saturated carbocycles. The molecule has 4 heteroatoms. The zero-order valence-corrected chi connectivity index (χ0v) is 13.9. The number of aromatic nitrogens is 2. The highest BCUT2D eigenvalue weighted by Gasteiger charge is 2.28. The lowest BCUT2D eigenvalue weighted by atomic mass is 10.1. The molecule has 0 amide bonds. The maximum atomic E-state index is 4.53. The summed E-state index contributed by atoms with van der Waals surface area (Å²) in [5, 5.41) is 0. The van der Waals surface area contributed by atoms with Crippen molar-refractivity contribution < 1.29 is 0 Å². The molecule has 1 aliphatic heterocycles. The SMILES string of the molecule is CC1Cc2ccccc2N1c1cc(N(C)c2ccccc2)ncn1. The predicted molar refractivity (Wildman–Crippen MR) is 98.3 cm³/mol. The topological polar surface area (TPSA) is 32.3 Å². The molecule has 4 rings (SSSR count). The molecule has 2 heterocycles. The van der Waals surface area contributed by atoms with Crippen LogP contribution in [-0.2, 0) is 6.42 Å². The fourth-order valence-electron chi connectivity index (χ4n) is 3.35. The molecular weight excluding hydrogens is 296 g/mol. The number of benzene rings is 2. The van der Waals surface area contributed by atoms with Gasteiger partial charge in [-0.1, -0.05) is 36.4 Å². The van der Waals surface area contributed by atoms with E-state index in [0.29, 0.717) is 6.04 Å². The summed E-state index contributed by atoms with van der Waals surface area (Å²) in [7, 11) is 2.03. The highest BCUT2D eigenvalue weighted by molar-refractivity contribution is 5.71. The molecule has 0 fully saturated rings. The molecule has 1 atom stereocenters. The second-order valence-electron chi connectivity index (χ2n) is 6.18. The van der Waals surface area contributed by atoms with Crippen LogP contribution in [0.1, 0.15) is 12.5 Å². The molecule has 0 aliphatic carbocycles. The first-order valence-corrected chi connectivity index (χ1v) is 8.22. The molecule has 120 valence electrons. The van der Waals surface area contributed by atoms with Crippen LogP contribution in [0.4, 0.5) is 23.0 Å². The summed E-state index contributed by atoms with van der Waals surface area (Å²) in [5.74, 6) is 1.84. The van der Waals surface area contributed by atoms with Crippen LogP contribution in [-0.4, -0.2) is 23.1 Å². The third-order valence-electron chi connectivity index (χ3n) is 4.58. The normalized spacial score (nSPS) is 16.1. The predicted octanol–water partition coefficient (Wildman–Crippen LogP) is 4.33. The average Bonchev–Trinajstić information content (AvgIpc) is 2.97. The number of anilines is 4. The van der Waals surface area contributed by atoms with Crippen LogP contribution in [0.25, 0.3) is 0 Å². The van der Waals surface area contributed by atoms with Gasteiger partial charge < -0.3 is 9.80 Å². The van der Waals surface area contributed by atoms with Crippen LogP contribution < -0.4 is 9.80 Å². The lowest BCUT2D eigenvalue weighted by Gasteiger charge is -2.25. The van der Waals surface area contributed by atoms with Crippen molar-refractivity contribution in [3.63, 3.8) is 0 Å². The highest BCUT2D eigenvalue weighted by Crippen LogP contribution is 2.38. The van der Waals surface area contributed by atoms with Gasteiger partial charge in [-0.2, -0.15) is 0 Å². The molecule has 0 bridgehead atoms. The van der Waals surface area contributed by atoms with E-state index in [1.165, 1.54) is 11.3 Å². The van der Waals surface area contributed by atoms with Gasteiger partial charge in [0.25, 0.3) is 0 Å². The first kappa shape index (κ1) is 14.7. The average molecular weight is 316 g/mol. The Morgan fingerprint density at radius 3 is 2.58 bits per heavy atom. The van der Waals surface area contributed by atoms with E-state index in [1.807, 2.05) is 25.2 Å². The van der Waals surface area contributed by atoms with Crippen LogP contribution in [0.2, 0.25) is 0 Å². The lowest BCUT2D eigenvalue weighted by Crippen LogP contribution is -2.25. The Labute approximate surface area is 142 Å². The second-order valence-corrected chi connectivity index (χ2v) is 6.18. The van der Waals surface area contributed by atoms with E-state index in [-0.39, 0.29) is 0 Å². The van der Waals surface area contributed by atoms with Gasteiger partial charge >= 0.3 is 0 Å². The van der Waals surface area contributed by atoms with Crippen LogP contribution in [0, 0.1) is 0 Å². The zero-order chi connectivity index (χ0) is 16.5. The molecule has 2 aromatic carbocycles. The van der Waals surface area contributed by atoms with E-state index < -0.39 is 0 Å². The number of hydrogen-bond acceptors (Lipinski definition) is 4. The Bertz CT molecular complexity index is 847. The van der Waals surface area contributed by atoms with Crippen LogP contribution in [0.15, 0.2) is 67.0 Å². The minimum Gasteiger partial charge on any atom is -0.329 e. The maximum absolute atomic E-state index is 4.53. The third-order valence-corrected chi connectivity index (χ3v) is 4.58. The van der Waals surface area contributed by atoms with E-state index >= 15 is 0 Å². The summed E-state index contributed by atoms with van der Waals surface area (Å²) in [5.41, 5.74) is 3.73. The zero-order valence-electron chi connectivity index (χ0n) is 13.9. The van der Waals surface area contributed by atoms with E-state index in [9.17, 15) is 0 Å². The van der Waals surface area contributed by atoms with Crippen LogP contribution >= 0.6 is 0 Å². The fraction of sp³-hybridized carbons (Fsp3) is 0.200. The molecule has 0 saturated heterocycles. The van der Waals surface area contributed by atoms with Gasteiger partial charge in [-0.25, -0.2) is 9.97 Å². The Hall–Kier alpha value is -2.88. The van der Waals surface area contributed by atoms with E-state index in [2.05, 4.69) is 69.2 Å². The summed E-state index contributed by atoms with van der Waals surface area (Å²) in [6.07, 6.45) is 2.70. The van der Waals surface area contributed by atoms with Crippen molar-refractivity contribution in [2.75, 3.05) is 16.8 Å². The largest absolute Gasteiger partial charge is 0.329 e. The van der Waals surface area contributed by atoms with Crippen LogP contribution in [0.5, 0.6) is 0 Å². The summed E-state index contributed by atoms with van der Waals surface area (Å²) >= 11 is 0. The minimum absolute atomic E-state index is 0.396.